The van der Waals surface area contributed by atoms with Gasteiger partial charge in [-0.15, -0.1) is 0 Å². The van der Waals surface area contributed by atoms with Crippen LogP contribution in [0.1, 0.15) is 26.3 Å². The van der Waals surface area contributed by atoms with Gasteiger partial charge in [-0.1, -0.05) is 6.07 Å². The van der Waals surface area contributed by atoms with Crippen LogP contribution in [-0.2, 0) is 6.42 Å². The van der Waals surface area contributed by atoms with E-state index >= 15 is 0 Å². The molecule has 0 aliphatic heterocycles. The van der Waals surface area contributed by atoms with E-state index in [1.54, 1.807) is 37.7 Å². The van der Waals surface area contributed by atoms with Gasteiger partial charge >= 0.3 is 0 Å². The van der Waals surface area contributed by atoms with Crippen LogP contribution in [0.2, 0.25) is 0 Å². The summed E-state index contributed by atoms with van der Waals surface area (Å²) in [5.74, 6) is -0.262. The molecule has 0 N–H and O–H groups in total. The molecule has 0 spiro atoms. The molecule has 0 amide bonds. The van der Waals surface area contributed by atoms with E-state index in [1.165, 1.54) is 0 Å². The standard InChI is InChI=1S/C16H13NO3/c1-20-12-3-2-11-8-14(16(19)13(11)9-12)15(18)10-4-6-17-7-5-10/h2-7,9,14H,8H2,1H3. The van der Waals surface area contributed by atoms with Crippen LogP contribution in [0, 0.1) is 5.92 Å². The molecule has 4 nitrogen and oxygen atoms in total. The number of hydrogen-bond acceptors (Lipinski definition) is 4. The molecule has 3 rings (SSSR count). The topological polar surface area (TPSA) is 56.3 Å². The average molecular weight is 267 g/mol. The van der Waals surface area contributed by atoms with Crippen LogP contribution in [0.15, 0.2) is 42.7 Å². The molecule has 1 aromatic carbocycles. The quantitative estimate of drug-likeness (QED) is 0.632. The molecule has 0 saturated heterocycles. The van der Waals surface area contributed by atoms with Gasteiger partial charge in [0.25, 0.3) is 0 Å². The van der Waals surface area contributed by atoms with Crippen molar-refractivity contribution in [1.29, 1.82) is 0 Å². The number of pyridine rings is 1. The van der Waals surface area contributed by atoms with E-state index in [9.17, 15) is 9.59 Å². The summed E-state index contributed by atoms with van der Waals surface area (Å²) in [5, 5.41) is 0. The lowest BCUT2D eigenvalue weighted by Gasteiger charge is -2.06. The highest BCUT2D eigenvalue weighted by Crippen LogP contribution is 2.31. The van der Waals surface area contributed by atoms with Crippen LogP contribution < -0.4 is 4.74 Å². The van der Waals surface area contributed by atoms with E-state index in [-0.39, 0.29) is 11.6 Å². The maximum absolute atomic E-state index is 12.4. The number of Topliss-reactive ketones (excluding diaryl/α,β-unsaturated/α-hetero) is 2. The summed E-state index contributed by atoms with van der Waals surface area (Å²) in [5.41, 5.74) is 2.03. The number of aromatic nitrogens is 1. The van der Waals surface area contributed by atoms with Crippen molar-refractivity contribution in [2.45, 2.75) is 6.42 Å². The smallest absolute Gasteiger partial charge is 0.174 e. The summed E-state index contributed by atoms with van der Waals surface area (Å²) >= 11 is 0. The number of rotatable bonds is 3. The van der Waals surface area contributed by atoms with Gasteiger partial charge in [-0.05, 0) is 36.2 Å². The molecule has 1 aliphatic carbocycles. The van der Waals surface area contributed by atoms with E-state index in [1.807, 2.05) is 12.1 Å². The number of carbonyl (C=O) groups is 2. The first-order chi connectivity index (χ1) is 9.70. The number of fused-ring (bicyclic) bond motifs is 1. The molecule has 0 radical (unpaired) electrons. The van der Waals surface area contributed by atoms with Gasteiger partial charge in [0, 0.05) is 23.5 Å². The maximum Gasteiger partial charge on any atom is 0.174 e. The van der Waals surface area contributed by atoms with Crippen LogP contribution in [0.4, 0.5) is 0 Å². The van der Waals surface area contributed by atoms with Crippen LogP contribution in [0.25, 0.3) is 0 Å². The van der Waals surface area contributed by atoms with Crippen LogP contribution >= 0.6 is 0 Å². The molecule has 1 aromatic heterocycles. The molecule has 0 bridgehead atoms. The summed E-state index contributed by atoms with van der Waals surface area (Å²) < 4.78 is 5.12. The Morgan fingerprint density at radius 3 is 2.70 bits per heavy atom. The highest BCUT2D eigenvalue weighted by Gasteiger charge is 2.36. The minimum Gasteiger partial charge on any atom is -0.497 e. The predicted octanol–water partition coefficient (Wildman–Crippen LogP) is 2.33. The zero-order valence-electron chi connectivity index (χ0n) is 11.0. The van der Waals surface area contributed by atoms with Gasteiger partial charge in [0.2, 0.25) is 0 Å². The Kier molecular flexibility index (Phi) is 3.06. The fourth-order valence-electron chi connectivity index (χ4n) is 2.52. The second-order valence-electron chi connectivity index (χ2n) is 4.74. The maximum atomic E-state index is 12.4. The third-order valence-corrected chi connectivity index (χ3v) is 3.60. The number of hydrogen-bond donors (Lipinski definition) is 0. The third-order valence-electron chi connectivity index (χ3n) is 3.60. The van der Waals surface area contributed by atoms with Crippen LogP contribution in [0.5, 0.6) is 5.75 Å². The Morgan fingerprint density at radius 1 is 1.25 bits per heavy atom. The minimum atomic E-state index is -0.625. The molecule has 100 valence electrons. The highest BCUT2D eigenvalue weighted by molar-refractivity contribution is 6.18. The summed E-state index contributed by atoms with van der Waals surface area (Å²) in [6.07, 6.45) is 3.57. The van der Waals surface area contributed by atoms with Gasteiger partial charge in [-0.25, -0.2) is 0 Å². The number of carbonyl (C=O) groups excluding carboxylic acids is 2. The Bertz CT molecular complexity index is 679. The lowest BCUT2D eigenvalue weighted by molar-refractivity contribution is 0.0822. The van der Waals surface area contributed by atoms with E-state index in [2.05, 4.69) is 4.98 Å². The monoisotopic (exact) mass is 267 g/mol. The Morgan fingerprint density at radius 2 is 2.00 bits per heavy atom. The zero-order valence-corrected chi connectivity index (χ0v) is 11.0. The zero-order chi connectivity index (χ0) is 14.1. The molecule has 1 unspecified atom stereocenters. The molecular formula is C16H13NO3. The second kappa shape index (κ2) is 4.89. The fraction of sp³-hybridized carbons (Fsp3) is 0.188. The van der Waals surface area contributed by atoms with E-state index < -0.39 is 5.92 Å². The number of nitrogens with zero attached hydrogens (tertiary/aromatic N) is 1. The van der Waals surface area contributed by atoms with Gasteiger partial charge in [0.15, 0.2) is 11.6 Å². The first-order valence-electron chi connectivity index (χ1n) is 6.36. The summed E-state index contributed by atoms with van der Waals surface area (Å²) in [4.78, 5) is 28.7. The van der Waals surface area contributed by atoms with Crippen molar-refractivity contribution >= 4 is 11.6 Å². The Labute approximate surface area is 116 Å². The van der Waals surface area contributed by atoms with E-state index in [4.69, 9.17) is 4.74 Å². The van der Waals surface area contributed by atoms with E-state index in [0.717, 1.165) is 5.56 Å². The van der Waals surface area contributed by atoms with Crippen molar-refractivity contribution in [2.24, 2.45) is 5.92 Å². The molecule has 0 fully saturated rings. The molecule has 1 atom stereocenters. The van der Waals surface area contributed by atoms with Crippen molar-refractivity contribution in [2.75, 3.05) is 7.11 Å². The van der Waals surface area contributed by atoms with Crippen molar-refractivity contribution in [3.63, 3.8) is 0 Å². The lowest BCUT2D eigenvalue weighted by atomic mass is 9.95. The largest absolute Gasteiger partial charge is 0.497 e. The number of methoxy groups -OCH3 is 1. The lowest BCUT2D eigenvalue weighted by Crippen LogP contribution is -2.20. The summed E-state index contributed by atoms with van der Waals surface area (Å²) in [6, 6.07) is 8.65. The van der Waals surface area contributed by atoms with Crippen molar-refractivity contribution in [3.8, 4) is 5.75 Å². The molecule has 4 heteroatoms. The first-order valence-corrected chi connectivity index (χ1v) is 6.36. The van der Waals surface area contributed by atoms with Crippen molar-refractivity contribution < 1.29 is 14.3 Å². The Balaban J connectivity index is 1.92. The van der Waals surface area contributed by atoms with Gasteiger partial charge in [0.05, 0.1) is 13.0 Å². The van der Waals surface area contributed by atoms with Gasteiger partial charge in [-0.3, -0.25) is 14.6 Å². The van der Waals surface area contributed by atoms with E-state index in [0.29, 0.717) is 23.3 Å². The van der Waals surface area contributed by atoms with Gasteiger partial charge < -0.3 is 4.74 Å². The second-order valence-corrected chi connectivity index (χ2v) is 4.74. The van der Waals surface area contributed by atoms with Crippen molar-refractivity contribution in [1.82, 2.24) is 4.98 Å². The molecule has 1 heterocycles. The predicted molar refractivity (Wildman–Crippen MR) is 73.1 cm³/mol. The third kappa shape index (κ3) is 1.99. The highest BCUT2D eigenvalue weighted by atomic mass is 16.5. The van der Waals surface area contributed by atoms with Gasteiger partial charge in [-0.2, -0.15) is 0 Å². The molecule has 20 heavy (non-hydrogen) atoms. The average Bonchev–Trinajstić information content (AvgIpc) is 2.84. The number of ketones is 2. The molecule has 2 aromatic rings. The van der Waals surface area contributed by atoms with Crippen LogP contribution in [0.3, 0.4) is 0 Å². The normalized spacial score (nSPS) is 16.9. The SMILES string of the molecule is COc1ccc2c(c1)C(=O)C(C(=O)c1ccncc1)C2. The van der Waals surface area contributed by atoms with Gasteiger partial charge in [0.1, 0.15) is 5.75 Å². The fourth-order valence-corrected chi connectivity index (χ4v) is 2.52. The van der Waals surface area contributed by atoms with Crippen molar-refractivity contribution in [3.05, 3.63) is 59.4 Å². The first kappa shape index (κ1) is 12.5. The molecule has 1 aliphatic rings. The molecular weight excluding hydrogens is 254 g/mol. The molecule has 0 saturated carbocycles. The summed E-state index contributed by atoms with van der Waals surface area (Å²) in [6.45, 7) is 0. The number of ether oxygens (including phenoxy) is 1. The minimum absolute atomic E-state index is 0.124. The summed E-state index contributed by atoms with van der Waals surface area (Å²) in [7, 11) is 1.56. The Hall–Kier alpha value is -2.49. The number of benzene rings is 1. The van der Waals surface area contributed by atoms with Crippen LogP contribution in [-0.4, -0.2) is 23.7 Å².